The summed E-state index contributed by atoms with van der Waals surface area (Å²) in [5.74, 6) is 2.64. The largest absolute Gasteiger partial charge is 0.493 e. The Bertz CT molecular complexity index is 739. The standard InChI is InChI=1S/C21H29N3O3.HI/c1-6-27-20-18(25-4)11-17(12-19(20)26-5)14-24-21(22-3)23-13-16-9-7-15(2)8-10-16;/h7-12H,6,13-14H2,1-5H3,(H2,22,23,24);1H. The average Bonchev–Trinajstić information content (AvgIpc) is 2.70. The number of aryl methyl sites for hydroxylation is 1. The molecule has 0 unspecified atom stereocenters. The highest BCUT2D eigenvalue weighted by Crippen LogP contribution is 2.38. The van der Waals surface area contributed by atoms with E-state index in [4.69, 9.17) is 14.2 Å². The van der Waals surface area contributed by atoms with Crippen molar-refractivity contribution < 1.29 is 14.2 Å². The molecule has 2 rings (SSSR count). The number of guanidine groups is 1. The van der Waals surface area contributed by atoms with Gasteiger partial charge in [0.25, 0.3) is 0 Å². The fourth-order valence-electron chi connectivity index (χ4n) is 2.62. The Morgan fingerprint density at radius 1 is 0.929 bits per heavy atom. The molecule has 2 N–H and O–H groups in total. The molecular weight excluding hydrogens is 469 g/mol. The van der Waals surface area contributed by atoms with E-state index in [-0.39, 0.29) is 24.0 Å². The van der Waals surface area contributed by atoms with E-state index in [2.05, 4.69) is 46.8 Å². The third-order valence-electron chi connectivity index (χ3n) is 4.07. The molecule has 0 aromatic heterocycles. The molecular formula is C21H30IN3O3. The van der Waals surface area contributed by atoms with Crippen molar-refractivity contribution in [2.45, 2.75) is 26.9 Å². The van der Waals surface area contributed by atoms with Gasteiger partial charge in [-0.25, -0.2) is 0 Å². The Hall–Kier alpha value is -2.16. The molecule has 0 aliphatic carbocycles. The van der Waals surface area contributed by atoms with Crippen LogP contribution >= 0.6 is 24.0 Å². The van der Waals surface area contributed by atoms with Gasteiger partial charge in [0.05, 0.1) is 20.8 Å². The maximum Gasteiger partial charge on any atom is 0.203 e. The third kappa shape index (κ3) is 6.78. The van der Waals surface area contributed by atoms with E-state index in [0.717, 1.165) is 11.5 Å². The topological polar surface area (TPSA) is 64.1 Å². The summed E-state index contributed by atoms with van der Waals surface area (Å²) >= 11 is 0. The molecule has 0 aliphatic rings. The van der Waals surface area contributed by atoms with Crippen molar-refractivity contribution >= 4 is 29.9 Å². The molecule has 0 saturated heterocycles. The van der Waals surface area contributed by atoms with Crippen molar-refractivity contribution in [3.05, 3.63) is 53.1 Å². The summed E-state index contributed by atoms with van der Waals surface area (Å²) in [6, 6.07) is 12.3. The quantitative estimate of drug-likeness (QED) is 0.328. The maximum absolute atomic E-state index is 5.64. The van der Waals surface area contributed by atoms with Gasteiger partial charge in [0.1, 0.15) is 0 Å². The van der Waals surface area contributed by atoms with Gasteiger partial charge in [-0.3, -0.25) is 4.99 Å². The number of nitrogens with one attached hydrogen (secondary N) is 2. The fourth-order valence-corrected chi connectivity index (χ4v) is 2.62. The first-order valence-electron chi connectivity index (χ1n) is 8.99. The van der Waals surface area contributed by atoms with Crippen molar-refractivity contribution in [2.24, 2.45) is 4.99 Å². The number of halogens is 1. The van der Waals surface area contributed by atoms with E-state index in [1.807, 2.05) is 19.1 Å². The van der Waals surface area contributed by atoms with Gasteiger partial charge >= 0.3 is 0 Å². The molecule has 0 radical (unpaired) electrons. The summed E-state index contributed by atoms with van der Waals surface area (Å²) in [7, 11) is 5.00. The van der Waals surface area contributed by atoms with Crippen molar-refractivity contribution in [2.75, 3.05) is 27.9 Å². The van der Waals surface area contributed by atoms with Gasteiger partial charge in [-0.15, -0.1) is 24.0 Å². The van der Waals surface area contributed by atoms with Crippen molar-refractivity contribution in [1.29, 1.82) is 0 Å². The van der Waals surface area contributed by atoms with E-state index in [9.17, 15) is 0 Å². The molecule has 154 valence electrons. The first-order valence-corrected chi connectivity index (χ1v) is 8.99. The summed E-state index contributed by atoms with van der Waals surface area (Å²) in [4.78, 5) is 4.28. The van der Waals surface area contributed by atoms with Gasteiger partial charge in [-0.2, -0.15) is 0 Å². The number of hydrogen-bond donors (Lipinski definition) is 2. The molecule has 28 heavy (non-hydrogen) atoms. The number of rotatable bonds is 8. The smallest absolute Gasteiger partial charge is 0.203 e. The molecule has 0 aliphatic heterocycles. The Morgan fingerprint density at radius 3 is 1.93 bits per heavy atom. The van der Waals surface area contributed by atoms with Crippen LogP contribution in [0.1, 0.15) is 23.6 Å². The summed E-state index contributed by atoms with van der Waals surface area (Å²) in [6.45, 7) is 5.83. The molecule has 2 aromatic rings. The molecule has 2 aromatic carbocycles. The minimum Gasteiger partial charge on any atom is -0.493 e. The lowest BCUT2D eigenvalue weighted by Crippen LogP contribution is -2.36. The minimum atomic E-state index is 0. The van der Waals surface area contributed by atoms with Gasteiger partial charge in [0, 0.05) is 20.1 Å². The Kier molecular flexibility index (Phi) is 10.5. The number of aliphatic imine (C=N–C) groups is 1. The van der Waals surface area contributed by atoms with Crippen molar-refractivity contribution in [1.82, 2.24) is 10.6 Å². The third-order valence-corrected chi connectivity index (χ3v) is 4.07. The van der Waals surface area contributed by atoms with Crippen LogP contribution in [0.15, 0.2) is 41.4 Å². The second kappa shape index (κ2) is 12.3. The second-order valence-corrected chi connectivity index (χ2v) is 6.03. The molecule has 0 fully saturated rings. The van der Waals surface area contributed by atoms with Gasteiger partial charge in [-0.1, -0.05) is 29.8 Å². The van der Waals surface area contributed by atoms with E-state index >= 15 is 0 Å². The van der Waals surface area contributed by atoms with Crippen LogP contribution in [-0.2, 0) is 13.1 Å². The average molecular weight is 499 g/mol. The van der Waals surface area contributed by atoms with Crippen LogP contribution in [0.2, 0.25) is 0 Å². The molecule has 0 saturated carbocycles. The molecule has 0 amide bonds. The van der Waals surface area contributed by atoms with Crippen LogP contribution in [0.4, 0.5) is 0 Å². The van der Waals surface area contributed by atoms with Crippen LogP contribution in [0.5, 0.6) is 17.2 Å². The predicted molar refractivity (Wildman–Crippen MR) is 124 cm³/mol. The lowest BCUT2D eigenvalue weighted by atomic mass is 10.1. The molecule has 7 heteroatoms. The van der Waals surface area contributed by atoms with Crippen LogP contribution in [0, 0.1) is 6.92 Å². The highest BCUT2D eigenvalue weighted by atomic mass is 127. The van der Waals surface area contributed by atoms with Gasteiger partial charge in [0.15, 0.2) is 17.5 Å². The first kappa shape index (κ1) is 23.9. The Labute approximate surface area is 184 Å². The lowest BCUT2D eigenvalue weighted by Gasteiger charge is -2.16. The van der Waals surface area contributed by atoms with Crippen molar-refractivity contribution in [3.8, 4) is 17.2 Å². The highest BCUT2D eigenvalue weighted by molar-refractivity contribution is 14.0. The summed E-state index contributed by atoms with van der Waals surface area (Å²) in [5, 5.41) is 6.62. The van der Waals surface area contributed by atoms with Crippen LogP contribution in [-0.4, -0.2) is 33.8 Å². The Balaban J connectivity index is 0.00000392. The van der Waals surface area contributed by atoms with E-state index in [0.29, 0.717) is 36.9 Å². The van der Waals surface area contributed by atoms with Gasteiger partial charge in [0.2, 0.25) is 5.75 Å². The molecule has 6 nitrogen and oxygen atoms in total. The zero-order valence-corrected chi connectivity index (χ0v) is 19.5. The molecule has 0 atom stereocenters. The number of ether oxygens (including phenoxy) is 3. The maximum atomic E-state index is 5.64. The van der Waals surface area contributed by atoms with Crippen LogP contribution in [0.25, 0.3) is 0 Å². The predicted octanol–water partition coefficient (Wildman–Crippen LogP) is 3.89. The zero-order valence-electron chi connectivity index (χ0n) is 17.2. The minimum absolute atomic E-state index is 0. The van der Waals surface area contributed by atoms with E-state index < -0.39 is 0 Å². The number of hydrogen-bond acceptors (Lipinski definition) is 4. The van der Waals surface area contributed by atoms with Gasteiger partial charge < -0.3 is 24.8 Å². The molecule has 0 heterocycles. The second-order valence-electron chi connectivity index (χ2n) is 6.03. The number of nitrogens with zero attached hydrogens (tertiary/aromatic N) is 1. The SMILES string of the molecule is CCOc1c(OC)cc(CNC(=NC)NCc2ccc(C)cc2)cc1OC.I. The number of methoxy groups -OCH3 is 2. The lowest BCUT2D eigenvalue weighted by molar-refractivity contribution is 0.288. The summed E-state index contributed by atoms with van der Waals surface area (Å²) < 4.78 is 16.5. The number of benzene rings is 2. The Morgan fingerprint density at radius 2 is 1.46 bits per heavy atom. The first-order chi connectivity index (χ1) is 13.1. The van der Waals surface area contributed by atoms with Crippen LogP contribution < -0.4 is 24.8 Å². The van der Waals surface area contributed by atoms with Crippen LogP contribution in [0.3, 0.4) is 0 Å². The molecule has 0 spiro atoms. The normalized spacial score (nSPS) is 10.7. The van der Waals surface area contributed by atoms with Crippen molar-refractivity contribution in [3.63, 3.8) is 0 Å². The zero-order chi connectivity index (χ0) is 19.6. The fraction of sp³-hybridized carbons (Fsp3) is 0.381. The monoisotopic (exact) mass is 499 g/mol. The van der Waals surface area contributed by atoms with E-state index in [1.54, 1.807) is 21.3 Å². The highest BCUT2D eigenvalue weighted by Gasteiger charge is 2.14. The summed E-state index contributed by atoms with van der Waals surface area (Å²) in [6.07, 6.45) is 0. The van der Waals surface area contributed by atoms with E-state index in [1.165, 1.54) is 11.1 Å². The molecule has 0 bridgehead atoms. The van der Waals surface area contributed by atoms with Gasteiger partial charge in [-0.05, 0) is 37.1 Å². The summed E-state index contributed by atoms with van der Waals surface area (Å²) in [5.41, 5.74) is 3.46.